The van der Waals surface area contributed by atoms with Crippen molar-refractivity contribution in [2.45, 2.75) is 52.9 Å². The molecule has 162 valence electrons. The Morgan fingerprint density at radius 2 is 1.63 bits per heavy atom. The number of unbranched alkanes of at least 4 members (excludes halogenated alkanes) is 1. The fraction of sp³-hybridized carbons (Fsp3) is 0.423. The lowest BCUT2D eigenvalue weighted by atomic mass is 10.0. The number of aromatic nitrogens is 1. The van der Waals surface area contributed by atoms with Crippen molar-refractivity contribution in [3.05, 3.63) is 77.1 Å². The van der Waals surface area contributed by atoms with E-state index in [-0.39, 0.29) is 18.2 Å². The lowest BCUT2D eigenvalue weighted by Crippen LogP contribution is -2.26. The molecule has 0 unspecified atom stereocenters. The molecule has 0 radical (unpaired) electrons. The molecule has 0 bridgehead atoms. The molecule has 0 amide bonds. The highest BCUT2D eigenvalue weighted by atomic mass is 35.5. The second-order valence-electron chi connectivity index (χ2n) is 8.00. The molecule has 0 atom stereocenters. The van der Waals surface area contributed by atoms with Crippen LogP contribution < -0.4 is 0 Å². The molecule has 0 saturated carbocycles. The van der Waals surface area contributed by atoms with Crippen molar-refractivity contribution in [3.63, 3.8) is 0 Å². The monoisotopic (exact) mass is 426 g/mol. The van der Waals surface area contributed by atoms with Gasteiger partial charge in [0.2, 0.25) is 5.78 Å². The van der Waals surface area contributed by atoms with Crippen LogP contribution >= 0.6 is 12.4 Å². The average molecular weight is 427 g/mol. The maximum absolute atomic E-state index is 13.1. The molecule has 0 aliphatic heterocycles. The standard InChI is InChI=1S/C26H34N2O.ClH/c1-4-16-27(17-5-2)18-8-6-10-22-12-14-23(15-13-22)26(29)25-21(3)20-24-11-7-9-19-28(24)25;/h7,9,11-15,19-20H,4-6,8,10,16-18H2,1-3H3;1H. The van der Waals surface area contributed by atoms with Gasteiger partial charge in [0.15, 0.2) is 0 Å². The number of benzene rings is 1. The van der Waals surface area contributed by atoms with E-state index in [4.69, 9.17) is 0 Å². The first kappa shape index (κ1) is 24.2. The molecule has 2 aromatic heterocycles. The molecule has 4 heteroatoms. The van der Waals surface area contributed by atoms with Gasteiger partial charge in [-0.05, 0) is 88.0 Å². The number of halogens is 1. The number of nitrogens with zero attached hydrogens (tertiary/aromatic N) is 2. The number of hydrogen-bond acceptors (Lipinski definition) is 2. The molecule has 0 fully saturated rings. The van der Waals surface area contributed by atoms with Crippen molar-refractivity contribution in [2.24, 2.45) is 0 Å². The van der Waals surface area contributed by atoms with Crippen molar-refractivity contribution < 1.29 is 4.79 Å². The number of fused-ring (bicyclic) bond motifs is 1. The Balaban J connectivity index is 0.00000320. The van der Waals surface area contributed by atoms with Crippen LogP contribution in [-0.4, -0.2) is 34.7 Å². The molecular weight excluding hydrogens is 392 g/mol. The molecule has 0 saturated heterocycles. The molecule has 3 nitrogen and oxygen atoms in total. The summed E-state index contributed by atoms with van der Waals surface area (Å²) >= 11 is 0. The Labute approximate surface area is 187 Å². The first-order valence-electron chi connectivity index (χ1n) is 11.1. The summed E-state index contributed by atoms with van der Waals surface area (Å²) in [5.41, 5.74) is 4.92. The van der Waals surface area contributed by atoms with E-state index in [2.05, 4.69) is 36.9 Å². The van der Waals surface area contributed by atoms with Crippen LogP contribution in [0, 0.1) is 6.92 Å². The topological polar surface area (TPSA) is 24.7 Å². The van der Waals surface area contributed by atoms with Crippen LogP contribution in [0.1, 0.15) is 66.7 Å². The van der Waals surface area contributed by atoms with Gasteiger partial charge in [-0.15, -0.1) is 12.4 Å². The van der Waals surface area contributed by atoms with E-state index in [1.54, 1.807) is 0 Å². The number of carbonyl (C=O) groups excluding carboxylic acids is 1. The van der Waals surface area contributed by atoms with Crippen LogP contribution in [0.15, 0.2) is 54.7 Å². The van der Waals surface area contributed by atoms with Gasteiger partial charge in [-0.2, -0.15) is 0 Å². The molecule has 0 aliphatic rings. The van der Waals surface area contributed by atoms with Crippen LogP contribution in [0.25, 0.3) is 5.52 Å². The van der Waals surface area contributed by atoms with Crippen LogP contribution in [-0.2, 0) is 6.42 Å². The summed E-state index contributed by atoms with van der Waals surface area (Å²) in [6.07, 6.45) is 7.92. The fourth-order valence-electron chi connectivity index (χ4n) is 4.14. The molecule has 3 rings (SSSR count). The van der Waals surface area contributed by atoms with Crippen LogP contribution in [0.5, 0.6) is 0 Å². The van der Waals surface area contributed by atoms with Gasteiger partial charge in [0.05, 0.1) is 5.69 Å². The van der Waals surface area contributed by atoms with Gasteiger partial charge in [0, 0.05) is 17.3 Å². The highest BCUT2D eigenvalue weighted by molar-refractivity contribution is 6.09. The van der Waals surface area contributed by atoms with Crippen molar-refractivity contribution in [3.8, 4) is 0 Å². The largest absolute Gasteiger partial charge is 0.313 e. The smallest absolute Gasteiger partial charge is 0.210 e. The summed E-state index contributed by atoms with van der Waals surface area (Å²) in [4.78, 5) is 15.7. The molecule has 30 heavy (non-hydrogen) atoms. The Morgan fingerprint density at radius 3 is 2.30 bits per heavy atom. The number of aryl methyl sites for hydroxylation is 2. The van der Waals surface area contributed by atoms with E-state index in [1.807, 2.05) is 47.9 Å². The van der Waals surface area contributed by atoms with Crippen molar-refractivity contribution in [1.82, 2.24) is 9.30 Å². The zero-order chi connectivity index (χ0) is 20.6. The normalized spacial score (nSPS) is 11.1. The molecular formula is C26H35ClN2O. The SMILES string of the molecule is CCCN(CCC)CCCCc1ccc(C(=O)c2c(C)cc3ccccn23)cc1.Cl. The van der Waals surface area contributed by atoms with Crippen LogP contribution in [0.2, 0.25) is 0 Å². The molecule has 3 aromatic rings. The predicted molar refractivity (Wildman–Crippen MR) is 129 cm³/mol. The minimum Gasteiger partial charge on any atom is -0.313 e. The highest BCUT2D eigenvalue weighted by Gasteiger charge is 2.16. The maximum atomic E-state index is 13.1. The summed E-state index contributed by atoms with van der Waals surface area (Å²) in [7, 11) is 0. The zero-order valence-electron chi connectivity index (χ0n) is 18.6. The Hall–Kier alpha value is -2.10. The zero-order valence-corrected chi connectivity index (χ0v) is 19.4. The Bertz CT molecular complexity index is 924. The number of carbonyl (C=O) groups is 1. The number of rotatable bonds is 11. The van der Waals surface area contributed by atoms with Crippen molar-refractivity contribution >= 4 is 23.7 Å². The summed E-state index contributed by atoms with van der Waals surface area (Å²) in [5, 5.41) is 0. The second kappa shape index (κ2) is 11.9. The van der Waals surface area contributed by atoms with Gasteiger partial charge in [-0.25, -0.2) is 0 Å². The van der Waals surface area contributed by atoms with E-state index in [0.29, 0.717) is 0 Å². The van der Waals surface area contributed by atoms with E-state index >= 15 is 0 Å². The Kier molecular flexibility index (Phi) is 9.61. The van der Waals surface area contributed by atoms with Crippen molar-refractivity contribution in [1.29, 1.82) is 0 Å². The van der Waals surface area contributed by atoms with E-state index < -0.39 is 0 Å². The Morgan fingerprint density at radius 1 is 0.933 bits per heavy atom. The van der Waals surface area contributed by atoms with Gasteiger partial charge in [0.25, 0.3) is 0 Å². The number of ketones is 1. The molecule has 0 aliphatic carbocycles. The summed E-state index contributed by atoms with van der Waals surface area (Å²) in [5.74, 6) is 0.0926. The third-order valence-corrected chi connectivity index (χ3v) is 5.57. The highest BCUT2D eigenvalue weighted by Crippen LogP contribution is 2.20. The predicted octanol–water partition coefficient (Wildman–Crippen LogP) is 6.35. The lowest BCUT2D eigenvalue weighted by Gasteiger charge is -2.20. The third-order valence-electron chi connectivity index (χ3n) is 5.57. The molecule has 0 N–H and O–H groups in total. The maximum Gasteiger partial charge on any atom is 0.210 e. The molecule has 2 heterocycles. The lowest BCUT2D eigenvalue weighted by molar-refractivity contribution is 0.103. The first-order valence-corrected chi connectivity index (χ1v) is 11.1. The quantitative estimate of drug-likeness (QED) is 0.264. The molecule has 1 aromatic carbocycles. The van der Waals surface area contributed by atoms with Gasteiger partial charge in [-0.1, -0.05) is 44.2 Å². The van der Waals surface area contributed by atoms with Gasteiger partial charge in [0.1, 0.15) is 0 Å². The summed E-state index contributed by atoms with van der Waals surface area (Å²) in [6.45, 7) is 10.1. The van der Waals surface area contributed by atoms with E-state index in [9.17, 15) is 4.79 Å². The van der Waals surface area contributed by atoms with E-state index in [1.165, 1.54) is 50.9 Å². The van der Waals surface area contributed by atoms with Gasteiger partial charge >= 0.3 is 0 Å². The van der Waals surface area contributed by atoms with Gasteiger partial charge < -0.3 is 9.30 Å². The van der Waals surface area contributed by atoms with Crippen molar-refractivity contribution in [2.75, 3.05) is 19.6 Å². The third kappa shape index (κ3) is 5.96. The summed E-state index contributed by atoms with van der Waals surface area (Å²) in [6, 6.07) is 16.3. The van der Waals surface area contributed by atoms with Crippen LogP contribution in [0.3, 0.4) is 0 Å². The average Bonchev–Trinajstić information content (AvgIpc) is 3.07. The summed E-state index contributed by atoms with van der Waals surface area (Å²) < 4.78 is 1.99. The second-order valence-corrected chi connectivity index (χ2v) is 8.00. The number of hydrogen-bond donors (Lipinski definition) is 0. The van der Waals surface area contributed by atoms with Crippen LogP contribution in [0.4, 0.5) is 0 Å². The molecule has 0 spiro atoms. The fourth-order valence-corrected chi connectivity index (χ4v) is 4.14. The van der Waals surface area contributed by atoms with Gasteiger partial charge in [-0.3, -0.25) is 4.79 Å². The van der Waals surface area contributed by atoms with E-state index in [0.717, 1.165) is 28.8 Å². The minimum atomic E-state index is 0. The number of pyridine rings is 1. The first-order chi connectivity index (χ1) is 14.1. The minimum absolute atomic E-state index is 0.